The van der Waals surface area contributed by atoms with Crippen LogP contribution in [0.15, 0.2) is 59.7 Å². The van der Waals surface area contributed by atoms with Crippen LogP contribution in [-0.4, -0.2) is 3.21 Å². The molecule has 2 aromatic rings. The Labute approximate surface area is 202 Å². The minimum atomic E-state index is -2.09. The van der Waals surface area contributed by atoms with E-state index in [1.807, 2.05) is 0 Å². The van der Waals surface area contributed by atoms with E-state index in [0.29, 0.717) is 19.1 Å². The molecule has 0 saturated carbocycles. The first-order chi connectivity index (χ1) is 13.4. The first-order valence-electron chi connectivity index (χ1n) is 10.7. The Morgan fingerprint density at radius 3 is 1.37 bits per heavy atom. The molecule has 0 N–H and O–H groups in total. The topological polar surface area (TPSA) is 0 Å². The van der Waals surface area contributed by atoms with Crippen LogP contribution in [0.3, 0.4) is 0 Å². The fourth-order valence-electron chi connectivity index (χ4n) is 5.13. The maximum absolute atomic E-state index is 2.52. The van der Waals surface area contributed by atoms with Crippen molar-refractivity contribution in [2.45, 2.75) is 48.8 Å². The van der Waals surface area contributed by atoms with Gasteiger partial charge in [-0.15, -0.1) is 0 Å². The fraction of sp³-hybridized carbons (Fsp3) is 0.370. The van der Waals surface area contributed by atoms with Gasteiger partial charge in [0.05, 0.1) is 0 Å². The van der Waals surface area contributed by atoms with Gasteiger partial charge in [-0.1, -0.05) is 0 Å². The van der Waals surface area contributed by atoms with Gasteiger partial charge in [0.15, 0.2) is 0 Å². The van der Waals surface area contributed by atoms with E-state index in [2.05, 4.69) is 102 Å². The quantitative estimate of drug-likeness (QED) is 0.575. The molecular weight excluding hydrogens is 486 g/mol. The second-order valence-corrected chi connectivity index (χ2v) is 16.7. The summed E-state index contributed by atoms with van der Waals surface area (Å²) in [5.74, 6) is 1.21. The molecule has 0 amide bonds. The molecule has 158 valence electrons. The summed E-state index contributed by atoms with van der Waals surface area (Å²) in [6, 6.07) is 18.4. The van der Waals surface area contributed by atoms with Crippen molar-refractivity contribution in [3.05, 3.63) is 81.9 Å². The van der Waals surface area contributed by atoms with Gasteiger partial charge in [0.2, 0.25) is 0 Å². The molecule has 0 spiro atoms. The SMILES string of the molecule is C[C](C)=[Zr+2]([CH]1C(C(C)C)=Cc2ccccc21)[CH]1C(C(C)C)=Cc2ccccc21.[Cl-].[Cl-]. The zero-order chi connectivity index (χ0) is 20.0. The van der Waals surface area contributed by atoms with Gasteiger partial charge in [0, 0.05) is 0 Å². The Kier molecular flexibility index (Phi) is 8.71. The molecule has 2 aromatic carbocycles. The molecule has 30 heavy (non-hydrogen) atoms. The molecular formula is C27H32Cl2Zr. The third-order valence-corrected chi connectivity index (χ3v) is 15.5. The average Bonchev–Trinajstić information content (AvgIpc) is 3.22. The Balaban J connectivity index is 0.00000160. The fourth-order valence-corrected chi connectivity index (χ4v) is 15.5. The third kappa shape index (κ3) is 4.41. The van der Waals surface area contributed by atoms with Crippen LogP contribution in [0.1, 0.15) is 71.0 Å². The summed E-state index contributed by atoms with van der Waals surface area (Å²) in [6.07, 6.45) is 5.04. The van der Waals surface area contributed by atoms with E-state index in [4.69, 9.17) is 0 Å². The predicted molar refractivity (Wildman–Crippen MR) is 120 cm³/mol. The normalized spacial score (nSPS) is 18.5. The van der Waals surface area contributed by atoms with E-state index in [-0.39, 0.29) is 24.8 Å². The molecule has 2 aliphatic carbocycles. The Hall–Kier alpha value is -0.747. The molecule has 0 radical (unpaired) electrons. The van der Waals surface area contributed by atoms with E-state index in [1.165, 1.54) is 11.1 Å². The first kappa shape index (κ1) is 25.5. The zero-order valence-corrected chi connectivity index (χ0v) is 22.8. The van der Waals surface area contributed by atoms with Crippen molar-refractivity contribution in [3.8, 4) is 0 Å². The van der Waals surface area contributed by atoms with Crippen LogP contribution in [0.5, 0.6) is 0 Å². The molecule has 2 atom stereocenters. The largest absolute Gasteiger partial charge is 1.00 e. The number of halogens is 2. The number of allylic oxidation sites excluding steroid dienone is 2. The second-order valence-electron chi connectivity index (χ2n) is 9.18. The van der Waals surface area contributed by atoms with Crippen molar-refractivity contribution < 1.29 is 46.1 Å². The third-order valence-electron chi connectivity index (χ3n) is 6.46. The summed E-state index contributed by atoms with van der Waals surface area (Å²) in [6.45, 7) is 14.4. The summed E-state index contributed by atoms with van der Waals surface area (Å²) >= 11 is -2.09. The minimum Gasteiger partial charge on any atom is -1.00 e. The molecule has 2 aliphatic rings. The van der Waals surface area contributed by atoms with Gasteiger partial charge >= 0.3 is 179 Å². The maximum atomic E-state index is 2.52. The van der Waals surface area contributed by atoms with Crippen LogP contribution >= 0.6 is 0 Å². The number of rotatable bonds is 4. The van der Waals surface area contributed by atoms with E-state index >= 15 is 0 Å². The van der Waals surface area contributed by atoms with Gasteiger partial charge in [-0.2, -0.15) is 0 Å². The molecule has 3 heteroatoms. The average molecular weight is 519 g/mol. The van der Waals surface area contributed by atoms with Crippen molar-refractivity contribution in [2.24, 2.45) is 11.8 Å². The van der Waals surface area contributed by atoms with E-state index < -0.39 is 21.3 Å². The van der Waals surface area contributed by atoms with Crippen molar-refractivity contribution >= 4 is 15.4 Å². The van der Waals surface area contributed by atoms with Crippen LogP contribution < -0.4 is 24.8 Å². The van der Waals surface area contributed by atoms with Gasteiger partial charge in [-0.25, -0.2) is 0 Å². The van der Waals surface area contributed by atoms with Crippen molar-refractivity contribution in [3.63, 3.8) is 0 Å². The smallest absolute Gasteiger partial charge is 1.00 e. The standard InChI is InChI=1S/2C12H13.C3H6.2ClH.Zr/c2*1-9(2)12-7-10-5-3-4-6-11(10)8-12;1-3-2;;;/h2*3-9H,1-2H3;1-2H3;2*1H;/q;;;;;+2/p-2. The van der Waals surface area contributed by atoms with E-state index in [9.17, 15) is 0 Å². The monoisotopic (exact) mass is 516 g/mol. The van der Waals surface area contributed by atoms with Crippen molar-refractivity contribution in [2.75, 3.05) is 0 Å². The van der Waals surface area contributed by atoms with Gasteiger partial charge in [-0.05, 0) is 0 Å². The Bertz CT molecular complexity index is 932. The molecule has 4 rings (SSSR count). The van der Waals surface area contributed by atoms with Crippen molar-refractivity contribution in [1.82, 2.24) is 0 Å². The van der Waals surface area contributed by atoms with Crippen LogP contribution in [0.2, 0.25) is 0 Å². The molecule has 0 aliphatic heterocycles. The summed E-state index contributed by atoms with van der Waals surface area (Å²) in [4.78, 5) is 0. The van der Waals surface area contributed by atoms with Gasteiger partial charge < -0.3 is 24.8 Å². The van der Waals surface area contributed by atoms with Crippen LogP contribution in [-0.2, 0) is 21.3 Å². The summed E-state index contributed by atoms with van der Waals surface area (Å²) in [7, 11) is 0. The van der Waals surface area contributed by atoms with Crippen LogP contribution in [0, 0.1) is 11.8 Å². The Morgan fingerprint density at radius 2 is 1.03 bits per heavy atom. The van der Waals surface area contributed by atoms with Crippen LogP contribution in [0.4, 0.5) is 0 Å². The number of hydrogen-bond donors (Lipinski definition) is 0. The molecule has 0 bridgehead atoms. The minimum absolute atomic E-state index is 0. The van der Waals surface area contributed by atoms with Gasteiger partial charge in [0.25, 0.3) is 0 Å². The van der Waals surface area contributed by atoms with Gasteiger partial charge in [0.1, 0.15) is 0 Å². The molecule has 0 fully saturated rings. The van der Waals surface area contributed by atoms with E-state index in [0.717, 1.165) is 0 Å². The van der Waals surface area contributed by atoms with E-state index in [1.54, 1.807) is 25.5 Å². The summed E-state index contributed by atoms with van der Waals surface area (Å²) < 4.78 is 3.08. The van der Waals surface area contributed by atoms with Gasteiger partial charge in [-0.3, -0.25) is 0 Å². The first-order valence-corrected chi connectivity index (χ1v) is 14.7. The number of fused-ring (bicyclic) bond motifs is 2. The molecule has 0 aromatic heterocycles. The maximum Gasteiger partial charge on any atom is -1.00 e. The zero-order valence-electron chi connectivity index (χ0n) is 18.8. The molecule has 0 nitrogen and oxygen atoms in total. The number of benzene rings is 2. The molecule has 2 unspecified atom stereocenters. The molecule has 0 heterocycles. The predicted octanol–water partition coefficient (Wildman–Crippen LogP) is 1.41. The van der Waals surface area contributed by atoms with Crippen LogP contribution in [0.25, 0.3) is 12.2 Å². The summed E-state index contributed by atoms with van der Waals surface area (Å²) in [5.41, 5.74) is 9.52. The Morgan fingerprint density at radius 1 is 0.667 bits per heavy atom. The number of hydrogen-bond acceptors (Lipinski definition) is 0. The summed E-state index contributed by atoms with van der Waals surface area (Å²) in [5, 5.41) is 0. The molecule has 0 saturated heterocycles. The second kappa shape index (κ2) is 10.2. The van der Waals surface area contributed by atoms with Crippen molar-refractivity contribution in [1.29, 1.82) is 0 Å².